The number of rotatable bonds is 4. The third-order valence-corrected chi connectivity index (χ3v) is 3.88. The first-order valence-corrected chi connectivity index (χ1v) is 7.23. The molecule has 1 aliphatic heterocycles. The average Bonchev–Trinajstić information content (AvgIpc) is 2.94. The highest BCUT2D eigenvalue weighted by Crippen LogP contribution is 2.24. The zero-order valence-corrected chi connectivity index (χ0v) is 13.4. The molecule has 0 atom stereocenters. The van der Waals surface area contributed by atoms with E-state index >= 15 is 0 Å². The molecule has 0 aliphatic carbocycles. The zero-order valence-electron chi connectivity index (χ0n) is 12.6. The predicted molar refractivity (Wildman–Crippen MR) is 88.9 cm³/mol. The van der Waals surface area contributed by atoms with Gasteiger partial charge < -0.3 is 10.6 Å². The van der Waals surface area contributed by atoms with Crippen molar-refractivity contribution >= 4 is 18.1 Å². The molecular formula is C16H19ClF2N4. The second-order valence-corrected chi connectivity index (χ2v) is 5.42. The van der Waals surface area contributed by atoms with E-state index in [0.29, 0.717) is 18.4 Å². The minimum atomic E-state index is -0.235. The molecule has 4 nitrogen and oxygen atoms in total. The average molecular weight is 341 g/mol. The molecule has 7 heteroatoms. The summed E-state index contributed by atoms with van der Waals surface area (Å²) in [5.41, 5.74) is 9.13. The van der Waals surface area contributed by atoms with Crippen molar-refractivity contribution in [3.05, 3.63) is 59.4 Å². The first-order chi connectivity index (χ1) is 10.7. The van der Waals surface area contributed by atoms with Crippen molar-refractivity contribution in [3.8, 4) is 0 Å². The summed E-state index contributed by atoms with van der Waals surface area (Å²) in [5.74, 6) is -0.235. The molecule has 1 aliphatic rings. The topological polar surface area (TPSA) is 47.1 Å². The van der Waals surface area contributed by atoms with Crippen molar-refractivity contribution in [2.45, 2.75) is 19.5 Å². The number of anilines is 1. The van der Waals surface area contributed by atoms with Gasteiger partial charge >= 0.3 is 0 Å². The van der Waals surface area contributed by atoms with Gasteiger partial charge in [0.2, 0.25) is 0 Å². The molecule has 0 bridgehead atoms. The Kier molecular flexibility index (Phi) is 5.74. The number of hydrogen-bond acceptors (Lipinski definition) is 3. The second kappa shape index (κ2) is 7.57. The van der Waals surface area contributed by atoms with Crippen LogP contribution in [0, 0.1) is 5.82 Å². The van der Waals surface area contributed by atoms with Gasteiger partial charge in [0.15, 0.2) is 0 Å². The van der Waals surface area contributed by atoms with E-state index in [4.69, 9.17) is 5.73 Å². The maximum absolute atomic E-state index is 13.0. The lowest BCUT2D eigenvalue weighted by Gasteiger charge is -2.28. The minimum absolute atomic E-state index is 0. The SMILES string of the molecule is Cl.NC/C(=C\F)Cn1cc2c(n1)CCN(c1ccc(F)cc1)C2. The summed E-state index contributed by atoms with van der Waals surface area (Å²) in [4.78, 5) is 2.18. The highest BCUT2D eigenvalue weighted by molar-refractivity contribution is 5.85. The van der Waals surface area contributed by atoms with E-state index < -0.39 is 0 Å². The number of nitrogens with two attached hydrogens (primary N) is 1. The van der Waals surface area contributed by atoms with Crippen LogP contribution in [0.25, 0.3) is 0 Å². The van der Waals surface area contributed by atoms with Crippen molar-refractivity contribution in [1.29, 1.82) is 0 Å². The summed E-state index contributed by atoms with van der Waals surface area (Å²) in [6.07, 6.45) is 3.30. The number of nitrogens with zero attached hydrogens (tertiary/aromatic N) is 3. The molecule has 2 heterocycles. The lowest BCUT2D eigenvalue weighted by molar-refractivity contribution is 0.622. The molecule has 1 aromatic carbocycles. The standard InChI is InChI=1S/C16H18F2N4.ClH/c17-7-12(8-19)9-22-11-13-10-21(6-5-16(13)20-22)15-3-1-14(18)2-4-15;/h1-4,7,11H,5-6,8-10,19H2;1H/b12-7+;. The van der Waals surface area contributed by atoms with Crippen molar-refractivity contribution in [3.63, 3.8) is 0 Å². The molecule has 0 amide bonds. The Bertz CT molecular complexity index is 682. The number of aromatic nitrogens is 2. The van der Waals surface area contributed by atoms with Crippen LogP contribution in [0.5, 0.6) is 0 Å². The van der Waals surface area contributed by atoms with Crippen LogP contribution in [0.2, 0.25) is 0 Å². The fourth-order valence-corrected chi connectivity index (χ4v) is 2.68. The fraction of sp³-hybridized carbons (Fsp3) is 0.312. The molecular weight excluding hydrogens is 322 g/mol. The first-order valence-electron chi connectivity index (χ1n) is 7.23. The Balaban J connectivity index is 0.00000192. The minimum Gasteiger partial charge on any atom is -0.367 e. The molecule has 0 saturated heterocycles. The molecule has 0 spiro atoms. The van der Waals surface area contributed by atoms with Crippen LogP contribution in [0.3, 0.4) is 0 Å². The van der Waals surface area contributed by atoms with Crippen LogP contribution in [0.4, 0.5) is 14.5 Å². The molecule has 0 unspecified atom stereocenters. The normalized spacial score (nSPS) is 14.4. The Morgan fingerprint density at radius 1 is 1.30 bits per heavy atom. The van der Waals surface area contributed by atoms with Gasteiger partial charge in [-0.2, -0.15) is 5.10 Å². The summed E-state index contributed by atoms with van der Waals surface area (Å²) in [7, 11) is 0. The molecule has 2 aromatic rings. The first kappa shape index (κ1) is 17.4. The van der Waals surface area contributed by atoms with E-state index in [-0.39, 0.29) is 24.8 Å². The Hall–Kier alpha value is -1.92. The van der Waals surface area contributed by atoms with Gasteiger partial charge in [-0.1, -0.05) is 0 Å². The molecule has 0 radical (unpaired) electrons. The monoisotopic (exact) mass is 340 g/mol. The number of hydrogen-bond donors (Lipinski definition) is 1. The van der Waals surface area contributed by atoms with E-state index in [1.54, 1.807) is 16.8 Å². The van der Waals surface area contributed by atoms with Crippen molar-refractivity contribution in [1.82, 2.24) is 9.78 Å². The van der Waals surface area contributed by atoms with E-state index in [9.17, 15) is 8.78 Å². The molecule has 0 fully saturated rings. The van der Waals surface area contributed by atoms with Crippen LogP contribution < -0.4 is 10.6 Å². The second-order valence-electron chi connectivity index (χ2n) is 5.42. The molecule has 0 saturated carbocycles. The van der Waals surface area contributed by atoms with E-state index in [1.807, 2.05) is 6.20 Å². The van der Waals surface area contributed by atoms with Crippen LogP contribution in [-0.2, 0) is 19.5 Å². The maximum atomic E-state index is 13.0. The van der Waals surface area contributed by atoms with Gasteiger partial charge in [-0.15, -0.1) is 12.4 Å². The smallest absolute Gasteiger partial charge is 0.123 e. The van der Waals surface area contributed by atoms with Crippen molar-refractivity contribution < 1.29 is 8.78 Å². The largest absolute Gasteiger partial charge is 0.367 e. The Morgan fingerprint density at radius 3 is 2.70 bits per heavy atom. The van der Waals surface area contributed by atoms with Gasteiger partial charge in [0, 0.05) is 43.5 Å². The lowest BCUT2D eigenvalue weighted by atomic mass is 10.1. The lowest BCUT2D eigenvalue weighted by Crippen LogP contribution is -2.29. The fourth-order valence-electron chi connectivity index (χ4n) is 2.68. The quantitative estimate of drug-likeness (QED) is 0.931. The van der Waals surface area contributed by atoms with E-state index in [0.717, 1.165) is 36.5 Å². The Labute approximate surface area is 140 Å². The van der Waals surface area contributed by atoms with E-state index in [2.05, 4.69) is 10.00 Å². The molecule has 1 aromatic heterocycles. The number of halogens is 3. The molecule has 3 rings (SSSR count). The van der Waals surface area contributed by atoms with Crippen molar-refractivity contribution in [2.24, 2.45) is 5.73 Å². The zero-order chi connectivity index (χ0) is 15.5. The summed E-state index contributed by atoms with van der Waals surface area (Å²) in [5, 5.41) is 4.50. The third kappa shape index (κ3) is 3.89. The number of fused-ring (bicyclic) bond motifs is 1. The molecule has 23 heavy (non-hydrogen) atoms. The van der Waals surface area contributed by atoms with Gasteiger partial charge in [-0.25, -0.2) is 8.78 Å². The summed E-state index contributed by atoms with van der Waals surface area (Å²) in [6.45, 7) is 2.11. The highest BCUT2D eigenvalue weighted by atomic mass is 35.5. The maximum Gasteiger partial charge on any atom is 0.123 e. The van der Waals surface area contributed by atoms with E-state index in [1.165, 1.54) is 12.1 Å². The van der Waals surface area contributed by atoms with Gasteiger partial charge in [-0.3, -0.25) is 4.68 Å². The summed E-state index contributed by atoms with van der Waals surface area (Å²) >= 11 is 0. The van der Waals surface area contributed by atoms with Crippen LogP contribution >= 0.6 is 12.4 Å². The third-order valence-electron chi connectivity index (χ3n) is 3.88. The summed E-state index contributed by atoms with van der Waals surface area (Å²) < 4.78 is 27.4. The van der Waals surface area contributed by atoms with Gasteiger partial charge in [0.1, 0.15) is 5.82 Å². The van der Waals surface area contributed by atoms with Gasteiger partial charge in [-0.05, 0) is 29.8 Å². The molecule has 124 valence electrons. The highest BCUT2D eigenvalue weighted by Gasteiger charge is 2.20. The Morgan fingerprint density at radius 2 is 2.04 bits per heavy atom. The number of benzene rings is 1. The molecule has 2 N–H and O–H groups in total. The van der Waals surface area contributed by atoms with Crippen LogP contribution in [0.1, 0.15) is 11.3 Å². The van der Waals surface area contributed by atoms with Crippen LogP contribution in [-0.4, -0.2) is 22.9 Å². The van der Waals surface area contributed by atoms with Gasteiger partial charge in [0.05, 0.1) is 18.6 Å². The van der Waals surface area contributed by atoms with Crippen LogP contribution in [0.15, 0.2) is 42.4 Å². The summed E-state index contributed by atoms with van der Waals surface area (Å²) in [6, 6.07) is 6.49. The van der Waals surface area contributed by atoms with Crippen molar-refractivity contribution in [2.75, 3.05) is 18.0 Å². The predicted octanol–water partition coefficient (Wildman–Crippen LogP) is 2.82. The van der Waals surface area contributed by atoms with Gasteiger partial charge in [0.25, 0.3) is 0 Å².